The Kier molecular flexibility index (Phi) is 3.62. The van der Waals surface area contributed by atoms with E-state index in [0.29, 0.717) is 6.04 Å². The third kappa shape index (κ3) is 2.12. The van der Waals surface area contributed by atoms with Crippen LogP contribution in [0.15, 0.2) is 28.7 Å². The fourth-order valence-electron chi connectivity index (χ4n) is 4.04. The fourth-order valence-corrected chi connectivity index (χ4v) is 4.58. The molecule has 0 amide bonds. The van der Waals surface area contributed by atoms with Crippen molar-refractivity contribution in [1.82, 2.24) is 4.90 Å². The first kappa shape index (κ1) is 15.0. The van der Waals surface area contributed by atoms with Crippen LogP contribution in [0.4, 0.5) is 0 Å². The molecule has 1 heterocycles. The lowest BCUT2D eigenvalue weighted by atomic mass is 9.77. The van der Waals surface area contributed by atoms with Crippen molar-refractivity contribution in [1.29, 1.82) is 0 Å². The van der Waals surface area contributed by atoms with E-state index in [1.54, 1.807) is 14.2 Å². The molecule has 1 aliphatic heterocycles. The molecule has 0 saturated heterocycles. The Morgan fingerprint density at radius 2 is 1.83 bits per heavy atom. The maximum Gasteiger partial charge on any atom is 0.168 e. The molecule has 1 atom stereocenters. The van der Waals surface area contributed by atoms with Gasteiger partial charge >= 0.3 is 0 Å². The van der Waals surface area contributed by atoms with Crippen molar-refractivity contribution < 1.29 is 9.47 Å². The molecular formula is C19H20BrNO2. The molecule has 0 spiro atoms. The molecule has 0 fully saturated rings. The van der Waals surface area contributed by atoms with Gasteiger partial charge in [0.25, 0.3) is 0 Å². The Morgan fingerprint density at radius 1 is 1.04 bits per heavy atom. The largest absolute Gasteiger partial charge is 0.493 e. The van der Waals surface area contributed by atoms with Crippen molar-refractivity contribution in [2.24, 2.45) is 0 Å². The van der Waals surface area contributed by atoms with Crippen LogP contribution < -0.4 is 9.47 Å². The quantitative estimate of drug-likeness (QED) is 0.786. The Balaban J connectivity index is 2.07. The van der Waals surface area contributed by atoms with Gasteiger partial charge in [0, 0.05) is 28.2 Å². The second-order valence-corrected chi connectivity index (χ2v) is 7.14. The van der Waals surface area contributed by atoms with E-state index in [1.807, 2.05) is 6.07 Å². The van der Waals surface area contributed by atoms with Crippen molar-refractivity contribution in [2.45, 2.75) is 18.9 Å². The molecule has 2 aliphatic rings. The molecule has 0 bridgehead atoms. The van der Waals surface area contributed by atoms with E-state index in [2.05, 4.69) is 46.1 Å². The molecule has 0 N–H and O–H groups in total. The zero-order chi connectivity index (χ0) is 16.1. The van der Waals surface area contributed by atoms with Crippen LogP contribution in [-0.2, 0) is 12.8 Å². The van der Waals surface area contributed by atoms with Gasteiger partial charge in [0.15, 0.2) is 11.5 Å². The summed E-state index contributed by atoms with van der Waals surface area (Å²) in [5, 5.41) is 0. The Bertz CT molecular complexity index is 787. The topological polar surface area (TPSA) is 21.7 Å². The highest BCUT2D eigenvalue weighted by Crippen LogP contribution is 2.52. The number of nitrogens with zero attached hydrogens (tertiary/aromatic N) is 1. The lowest BCUT2D eigenvalue weighted by molar-refractivity contribution is 0.227. The van der Waals surface area contributed by atoms with Crippen molar-refractivity contribution in [2.75, 3.05) is 27.8 Å². The van der Waals surface area contributed by atoms with Crippen LogP contribution in [0, 0.1) is 0 Å². The molecule has 1 aliphatic carbocycles. The van der Waals surface area contributed by atoms with Crippen molar-refractivity contribution in [3.05, 3.63) is 45.4 Å². The molecule has 23 heavy (non-hydrogen) atoms. The predicted octanol–water partition coefficient (Wildman–Crippen LogP) is 4.22. The summed E-state index contributed by atoms with van der Waals surface area (Å²) in [6.45, 7) is 1.11. The Hall–Kier alpha value is -1.52. The van der Waals surface area contributed by atoms with Gasteiger partial charge in [-0.15, -0.1) is 0 Å². The molecular weight excluding hydrogens is 354 g/mol. The summed E-state index contributed by atoms with van der Waals surface area (Å²) in [4.78, 5) is 2.47. The molecule has 3 nitrogen and oxygen atoms in total. The molecule has 0 radical (unpaired) electrons. The number of rotatable bonds is 2. The van der Waals surface area contributed by atoms with Crippen LogP contribution in [0.5, 0.6) is 11.5 Å². The van der Waals surface area contributed by atoms with Gasteiger partial charge in [-0.05, 0) is 48.7 Å². The Labute approximate surface area is 145 Å². The second kappa shape index (κ2) is 5.53. The molecule has 4 heteroatoms. The predicted molar refractivity (Wildman–Crippen MR) is 95.5 cm³/mol. The molecule has 120 valence electrons. The van der Waals surface area contributed by atoms with E-state index < -0.39 is 0 Å². The molecule has 2 aromatic carbocycles. The number of fused-ring (bicyclic) bond motifs is 2. The first-order chi connectivity index (χ1) is 11.2. The van der Waals surface area contributed by atoms with E-state index in [0.717, 1.165) is 35.4 Å². The first-order valence-electron chi connectivity index (χ1n) is 7.91. The van der Waals surface area contributed by atoms with Crippen molar-refractivity contribution >= 4 is 15.9 Å². The van der Waals surface area contributed by atoms with Gasteiger partial charge in [0.2, 0.25) is 0 Å². The summed E-state index contributed by atoms with van der Waals surface area (Å²) < 4.78 is 12.4. The van der Waals surface area contributed by atoms with Crippen LogP contribution in [0.2, 0.25) is 0 Å². The highest BCUT2D eigenvalue weighted by molar-refractivity contribution is 9.10. The maximum absolute atomic E-state index is 5.74. The summed E-state index contributed by atoms with van der Waals surface area (Å²) in [6.07, 6.45) is 2.12. The number of likely N-dealkylation sites (N-methyl/N-ethyl adjacent to an activating group) is 1. The second-order valence-electron chi connectivity index (χ2n) is 6.28. The summed E-state index contributed by atoms with van der Waals surface area (Å²) >= 11 is 3.78. The highest BCUT2D eigenvalue weighted by atomic mass is 79.9. The first-order valence-corrected chi connectivity index (χ1v) is 8.70. The zero-order valence-electron chi connectivity index (χ0n) is 13.6. The lowest BCUT2D eigenvalue weighted by Crippen LogP contribution is -2.35. The van der Waals surface area contributed by atoms with Gasteiger partial charge in [-0.3, -0.25) is 4.90 Å². The standard InChI is InChI=1S/C19H20BrNO2/c1-21-9-8-11-4-6-13(20)18-16(11)14(21)10-12-5-7-15(22-2)19(23-3)17(12)18/h4-7,14H,8-10H2,1-3H3/t14-/m0/s1. The van der Waals surface area contributed by atoms with Gasteiger partial charge in [0.1, 0.15) is 0 Å². The number of benzene rings is 2. The number of methoxy groups -OCH3 is 2. The van der Waals surface area contributed by atoms with Gasteiger partial charge in [-0.25, -0.2) is 0 Å². The van der Waals surface area contributed by atoms with Crippen molar-refractivity contribution in [3.8, 4) is 22.6 Å². The molecule has 0 aromatic heterocycles. The molecule has 2 aromatic rings. The van der Waals surface area contributed by atoms with Gasteiger partial charge in [0.05, 0.1) is 14.2 Å². The van der Waals surface area contributed by atoms with E-state index >= 15 is 0 Å². The average molecular weight is 374 g/mol. The minimum atomic E-state index is 0.442. The average Bonchev–Trinajstić information content (AvgIpc) is 2.58. The minimum Gasteiger partial charge on any atom is -0.493 e. The zero-order valence-corrected chi connectivity index (χ0v) is 15.2. The van der Waals surface area contributed by atoms with Crippen LogP contribution in [0.3, 0.4) is 0 Å². The molecule has 0 unspecified atom stereocenters. The molecule has 4 rings (SSSR count). The molecule has 0 saturated carbocycles. The summed E-state index contributed by atoms with van der Waals surface area (Å²) in [5.74, 6) is 1.63. The van der Waals surface area contributed by atoms with E-state index in [4.69, 9.17) is 9.47 Å². The number of halogens is 1. The normalized spacial score (nSPS) is 19.0. The van der Waals surface area contributed by atoms with E-state index in [1.165, 1.54) is 27.8 Å². The van der Waals surface area contributed by atoms with Crippen LogP contribution in [-0.4, -0.2) is 32.7 Å². The third-order valence-corrected chi connectivity index (χ3v) is 5.84. The summed E-state index contributed by atoms with van der Waals surface area (Å²) in [6, 6.07) is 9.08. The van der Waals surface area contributed by atoms with Crippen LogP contribution in [0.25, 0.3) is 11.1 Å². The van der Waals surface area contributed by atoms with Gasteiger partial charge in [-0.2, -0.15) is 0 Å². The van der Waals surface area contributed by atoms with Crippen LogP contribution >= 0.6 is 15.9 Å². The summed E-state index contributed by atoms with van der Waals surface area (Å²) in [7, 11) is 5.64. The Morgan fingerprint density at radius 3 is 2.57 bits per heavy atom. The van der Waals surface area contributed by atoms with Crippen LogP contribution in [0.1, 0.15) is 22.7 Å². The van der Waals surface area contributed by atoms with Gasteiger partial charge < -0.3 is 9.47 Å². The smallest absolute Gasteiger partial charge is 0.168 e. The highest BCUT2D eigenvalue weighted by Gasteiger charge is 2.35. The minimum absolute atomic E-state index is 0.442. The lowest BCUT2D eigenvalue weighted by Gasteiger charge is -2.40. The monoisotopic (exact) mass is 373 g/mol. The third-order valence-electron chi connectivity index (χ3n) is 5.18. The summed E-state index contributed by atoms with van der Waals surface area (Å²) in [5.41, 5.74) is 6.69. The number of hydrogen-bond acceptors (Lipinski definition) is 3. The van der Waals surface area contributed by atoms with E-state index in [-0.39, 0.29) is 0 Å². The van der Waals surface area contributed by atoms with Gasteiger partial charge in [-0.1, -0.05) is 28.1 Å². The number of hydrogen-bond donors (Lipinski definition) is 0. The number of ether oxygens (including phenoxy) is 2. The van der Waals surface area contributed by atoms with Crippen molar-refractivity contribution in [3.63, 3.8) is 0 Å². The maximum atomic E-state index is 5.74. The fraction of sp³-hybridized carbons (Fsp3) is 0.368. The van der Waals surface area contributed by atoms with E-state index in [9.17, 15) is 0 Å². The SMILES string of the molecule is COc1ccc2c(c1OC)-c1c(Br)ccc3c1[C@H](C2)N(C)CC3.